The molecule has 5 rings (SSSR count). The normalized spacial score (nSPS) is 23.6. The first kappa shape index (κ1) is 30.6. The van der Waals surface area contributed by atoms with E-state index in [4.69, 9.17) is 9.47 Å². The number of carbonyl (C=O) groups excluding carboxylic acids is 1. The number of hydrogen-bond acceptors (Lipinski definition) is 8. The fourth-order valence-corrected chi connectivity index (χ4v) is 6.94. The number of aliphatic hydroxyl groups is 1. The Bertz CT molecular complexity index is 1400. The minimum Gasteiger partial charge on any atom is -0.487 e. The second-order valence-corrected chi connectivity index (χ2v) is 15.4. The number of benzene rings is 1. The number of nitrogens with one attached hydrogen (secondary N) is 1. The predicted molar refractivity (Wildman–Crippen MR) is 161 cm³/mol. The second-order valence-electron chi connectivity index (χ2n) is 13.8. The van der Waals surface area contributed by atoms with Gasteiger partial charge in [0.05, 0.1) is 11.7 Å². The van der Waals surface area contributed by atoms with Crippen LogP contribution in [0.5, 0.6) is 11.5 Å². The molecule has 0 bridgehead atoms. The zero-order valence-electron chi connectivity index (χ0n) is 25.5. The molecule has 42 heavy (non-hydrogen) atoms. The molecule has 1 saturated heterocycles. The molecular formula is C32H45N3O6S. The molecule has 3 aliphatic rings. The summed E-state index contributed by atoms with van der Waals surface area (Å²) in [5.74, 6) is 1.49. The van der Waals surface area contributed by atoms with Gasteiger partial charge in [-0.25, -0.2) is 9.71 Å². The van der Waals surface area contributed by atoms with Crippen molar-refractivity contribution < 1.29 is 27.8 Å². The van der Waals surface area contributed by atoms with Gasteiger partial charge in [-0.3, -0.25) is 4.79 Å². The number of rotatable bonds is 8. The summed E-state index contributed by atoms with van der Waals surface area (Å²) in [5.41, 5.74) is -0.779. The molecule has 10 heteroatoms. The van der Waals surface area contributed by atoms with Crippen molar-refractivity contribution in [1.29, 1.82) is 0 Å². The number of ether oxygens (including phenoxy) is 2. The van der Waals surface area contributed by atoms with Gasteiger partial charge in [0.25, 0.3) is 15.9 Å². The lowest BCUT2D eigenvalue weighted by Crippen LogP contribution is -2.44. The molecular weight excluding hydrogens is 554 g/mol. The Labute approximate surface area is 250 Å². The van der Waals surface area contributed by atoms with E-state index in [2.05, 4.69) is 30.5 Å². The van der Waals surface area contributed by atoms with E-state index >= 15 is 0 Å². The molecule has 2 aromatic rings. The van der Waals surface area contributed by atoms with Crippen LogP contribution in [0.2, 0.25) is 0 Å². The first-order chi connectivity index (χ1) is 19.7. The number of pyridine rings is 1. The fourth-order valence-electron chi connectivity index (χ4n) is 5.93. The Morgan fingerprint density at radius 2 is 1.69 bits per heavy atom. The van der Waals surface area contributed by atoms with Crippen molar-refractivity contribution in [3.05, 3.63) is 42.0 Å². The Morgan fingerprint density at radius 3 is 2.31 bits per heavy atom. The van der Waals surface area contributed by atoms with Crippen LogP contribution >= 0.6 is 0 Å². The van der Waals surface area contributed by atoms with E-state index in [-0.39, 0.29) is 16.5 Å². The third-order valence-corrected chi connectivity index (χ3v) is 10.3. The molecule has 2 aliphatic carbocycles. The predicted octanol–water partition coefficient (Wildman–Crippen LogP) is 5.14. The summed E-state index contributed by atoms with van der Waals surface area (Å²) in [7, 11) is -4.24. The first-order valence-electron chi connectivity index (χ1n) is 15.1. The van der Waals surface area contributed by atoms with Crippen LogP contribution < -0.4 is 19.1 Å². The van der Waals surface area contributed by atoms with E-state index in [1.54, 1.807) is 19.1 Å². The SMILES string of the molecule is Cc1ccc(OC2CCC(C(C)(C)C)CC2)c(OC2(C(=O)NS(=O)(=O)c3cccc(N4CCC(C)(O)CC4)n3)CC2)c1. The summed E-state index contributed by atoms with van der Waals surface area (Å²) in [5, 5.41) is 10.0. The average molecular weight is 600 g/mol. The summed E-state index contributed by atoms with van der Waals surface area (Å²) in [6.45, 7) is 11.7. The highest BCUT2D eigenvalue weighted by Gasteiger charge is 2.54. The summed E-state index contributed by atoms with van der Waals surface area (Å²) < 4.78 is 41.4. The van der Waals surface area contributed by atoms with Crippen molar-refractivity contribution >= 4 is 21.7 Å². The topological polar surface area (TPSA) is 118 Å². The minimum absolute atomic E-state index is 0.0717. The molecule has 1 amide bonds. The molecule has 2 N–H and O–H groups in total. The van der Waals surface area contributed by atoms with E-state index in [0.29, 0.717) is 62.0 Å². The van der Waals surface area contributed by atoms with Gasteiger partial charge in [-0.15, -0.1) is 0 Å². The number of piperidine rings is 1. The number of nitrogens with zero attached hydrogens (tertiary/aromatic N) is 2. The van der Waals surface area contributed by atoms with Crippen molar-refractivity contribution in [1.82, 2.24) is 9.71 Å². The maximum atomic E-state index is 13.4. The first-order valence-corrected chi connectivity index (χ1v) is 16.6. The van der Waals surface area contributed by atoms with Gasteiger partial charge in [-0.05, 0) is 93.5 Å². The number of aryl methyl sites for hydroxylation is 1. The molecule has 230 valence electrons. The van der Waals surface area contributed by atoms with Crippen molar-refractivity contribution in [3.8, 4) is 11.5 Å². The van der Waals surface area contributed by atoms with Crippen LogP contribution in [0.1, 0.15) is 84.6 Å². The number of aromatic nitrogens is 1. The van der Waals surface area contributed by atoms with Gasteiger partial charge in [0, 0.05) is 25.9 Å². The Morgan fingerprint density at radius 1 is 1.02 bits per heavy atom. The number of anilines is 1. The van der Waals surface area contributed by atoms with Gasteiger partial charge in [0.2, 0.25) is 0 Å². The molecule has 1 aromatic heterocycles. The summed E-state index contributed by atoms with van der Waals surface area (Å²) >= 11 is 0. The highest BCUT2D eigenvalue weighted by Crippen LogP contribution is 2.45. The third-order valence-electron chi connectivity index (χ3n) is 9.09. The summed E-state index contributed by atoms with van der Waals surface area (Å²) in [6.07, 6.45) is 6.13. The van der Waals surface area contributed by atoms with E-state index in [1.165, 1.54) is 6.07 Å². The smallest absolute Gasteiger partial charge is 0.281 e. The fraction of sp³-hybridized carbons (Fsp3) is 0.625. The van der Waals surface area contributed by atoms with Gasteiger partial charge >= 0.3 is 0 Å². The Kier molecular flexibility index (Phi) is 8.26. The largest absolute Gasteiger partial charge is 0.487 e. The Hall–Kier alpha value is -2.85. The molecule has 9 nitrogen and oxygen atoms in total. The van der Waals surface area contributed by atoms with E-state index in [1.807, 2.05) is 30.0 Å². The standard InChI is InChI=1S/C32H45N3O6S/c1-22-9-14-25(40-24-12-10-23(11-13-24)30(2,3)4)26(21-22)41-32(15-16-32)29(36)34-42(38,39)28-8-6-7-27(33-28)35-19-17-31(5,37)18-20-35/h6-9,14,21,23-24,37H,10-13,15-20H2,1-5H3,(H,34,36). The highest BCUT2D eigenvalue weighted by molar-refractivity contribution is 7.90. The van der Waals surface area contributed by atoms with E-state index in [0.717, 1.165) is 31.2 Å². The summed E-state index contributed by atoms with van der Waals surface area (Å²) in [4.78, 5) is 19.7. The monoisotopic (exact) mass is 599 g/mol. The highest BCUT2D eigenvalue weighted by atomic mass is 32.2. The van der Waals surface area contributed by atoms with Gasteiger partial charge in [0.1, 0.15) is 5.82 Å². The minimum atomic E-state index is -4.24. The van der Waals surface area contributed by atoms with Crippen molar-refractivity contribution in [2.75, 3.05) is 18.0 Å². The van der Waals surface area contributed by atoms with Crippen LogP contribution in [-0.4, -0.2) is 54.8 Å². The quantitative estimate of drug-likeness (QED) is 0.428. The zero-order valence-corrected chi connectivity index (χ0v) is 26.3. The van der Waals surface area contributed by atoms with Crippen molar-refractivity contribution in [2.45, 2.75) is 108 Å². The zero-order chi connectivity index (χ0) is 30.3. The van der Waals surface area contributed by atoms with Crippen molar-refractivity contribution in [3.63, 3.8) is 0 Å². The number of amides is 1. The van der Waals surface area contributed by atoms with E-state index in [9.17, 15) is 18.3 Å². The van der Waals surface area contributed by atoms with Crippen molar-refractivity contribution in [2.24, 2.45) is 11.3 Å². The second kappa shape index (κ2) is 11.3. The number of carbonyl (C=O) groups is 1. The van der Waals surface area contributed by atoms with Crippen LogP contribution in [0.4, 0.5) is 5.82 Å². The number of hydrogen-bond donors (Lipinski definition) is 2. The summed E-state index contributed by atoms with van der Waals surface area (Å²) in [6, 6.07) is 10.4. The number of sulfonamides is 1. The van der Waals surface area contributed by atoms with Crippen LogP contribution in [0.3, 0.4) is 0 Å². The maximum Gasteiger partial charge on any atom is 0.281 e. The molecule has 1 aromatic carbocycles. The molecule has 2 saturated carbocycles. The maximum absolute atomic E-state index is 13.4. The lowest BCUT2D eigenvalue weighted by atomic mass is 9.72. The van der Waals surface area contributed by atoms with Crippen LogP contribution in [0.25, 0.3) is 0 Å². The lowest BCUT2D eigenvalue weighted by molar-refractivity contribution is -0.128. The third kappa shape index (κ3) is 7.02. The molecule has 3 fully saturated rings. The molecule has 0 radical (unpaired) electrons. The van der Waals surface area contributed by atoms with Gasteiger partial charge in [-0.1, -0.05) is 32.9 Å². The van der Waals surface area contributed by atoms with Crippen LogP contribution in [0.15, 0.2) is 41.4 Å². The molecule has 0 unspecified atom stereocenters. The van der Waals surface area contributed by atoms with Gasteiger partial charge in [0.15, 0.2) is 22.1 Å². The van der Waals surface area contributed by atoms with Crippen LogP contribution in [-0.2, 0) is 14.8 Å². The van der Waals surface area contributed by atoms with E-state index < -0.39 is 27.1 Å². The molecule has 0 atom stereocenters. The lowest BCUT2D eigenvalue weighted by Gasteiger charge is -2.37. The molecule has 1 aliphatic heterocycles. The van der Waals surface area contributed by atoms with Gasteiger partial charge in [-0.2, -0.15) is 8.42 Å². The van der Waals surface area contributed by atoms with Gasteiger partial charge < -0.3 is 19.5 Å². The molecule has 0 spiro atoms. The molecule has 2 heterocycles. The van der Waals surface area contributed by atoms with Crippen LogP contribution in [0, 0.1) is 18.3 Å². The Balaban J connectivity index is 1.26. The average Bonchev–Trinajstić information content (AvgIpc) is 3.71.